The van der Waals surface area contributed by atoms with E-state index in [0.29, 0.717) is 24.7 Å². The number of rotatable bonds is 8. The van der Waals surface area contributed by atoms with Crippen LogP contribution in [0.1, 0.15) is 68.3 Å². The largest absolute Gasteiger partial charge is 0.381 e. The number of benzene rings is 1. The third kappa shape index (κ3) is 3.95. The first-order chi connectivity index (χ1) is 14.3. The lowest BCUT2D eigenvalue weighted by atomic mass is 9.91. The second-order valence-corrected chi connectivity index (χ2v) is 8.78. The molecule has 0 spiro atoms. The van der Waals surface area contributed by atoms with E-state index in [4.69, 9.17) is 9.26 Å². The first kappa shape index (κ1) is 18.8. The fourth-order valence-corrected chi connectivity index (χ4v) is 4.42. The second kappa shape index (κ2) is 7.90. The maximum Gasteiger partial charge on any atom is 0.249 e. The van der Waals surface area contributed by atoms with Gasteiger partial charge in [0.25, 0.3) is 0 Å². The average Bonchev–Trinajstić information content (AvgIpc) is 3.70. The summed E-state index contributed by atoms with van der Waals surface area (Å²) < 4.78 is 11.3. The van der Waals surface area contributed by atoms with Gasteiger partial charge in [-0.15, -0.1) is 0 Å². The van der Waals surface area contributed by atoms with E-state index in [9.17, 15) is 4.79 Å². The highest BCUT2D eigenvalue weighted by Crippen LogP contribution is 2.51. The van der Waals surface area contributed by atoms with Gasteiger partial charge in [0.1, 0.15) is 6.04 Å². The molecule has 29 heavy (non-hydrogen) atoms. The number of amides is 1. The van der Waals surface area contributed by atoms with Gasteiger partial charge >= 0.3 is 0 Å². The molecule has 6 heteroatoms. The molecule has 154 valence electrons. The van der Waals surface area contributed by atoms with Crippen LogP contribution < -0.4 is 0 Å². The molecule has 1 atom stereocenters. The number of nitrogens with zero attached hydrogens (tertiary/aromatic N) is 3. The van der Waals surface area contributed by atoms with E-state index < -0.39 is 0 Å². The Bertz CT molecular complexity index is 842. The predicted molar refractivity (Wildman–Crippen MR) is 107 cm³/mol. The zero-order valence-corrected chi connectivity index (χ0v) is 16.9. The van der Waals surface area contributed by atoms with Gasteiger partial charge in [0, 0.05) is 19.6 Å². The minimum Gasteiger partial charge on any atom is -0.381 e. The number of aromatic nitrogens is 2. The smallest absolute Gasteiger partial charge is 0.249 e. The van der Waals surface area contributed by atoms with Crippen molar-refractivity contribution in [2.45, 2.75) is 62.8 Å². The zero-order chi connectivity index (χ0) is 19.7. The van der Waals surface area contributed by atoms with Crippen LogP contribution >= 0.6 is 0 Å². The van der Waals surface area contributed by atoms with Gasteiger partial charge in [0.05, 0.1) is 12.0 Å². The molecule has 0 bridgehead atoms. The van der Waals surface area contributed by atoms with Crippen LogP contribution in [0, 0.1) is 5.92 Å². The van der Waals surface area contributed by atoms with Crippen molar-refractivity contribution in [3.05, 3.63) is 47.6 Å². The first-order valence-electron chi connectivity index (χ1n) is 11.0. The summed E-state index contributed by atoms with van der Waals surface area (Å²) in [6, 6.07) is 10.1. The molecule has 1 aromatic carbocycles. The molecule has 6 nitrogen and oxygen atoms in total. The molecule has 1 unspecified atom stereocenters. The van der Waals surface area contributed by atoms with Gasteiger partial charge in [0.2, 0.25) is 11.8 Å². The summed E-state index contributed by atoms with van der Waals surface area (Å²) in [5.41, 5.74) is 0.782. The Balaban J connectivity index is 1.27. The van der Waals surface area contributed by atoms with Crippen molar-refractivity contribution in [1.82, 2.24) is 15.0 Å². The SMILES string of the molecule is O=C(N1CCCCC1c1nc(CCOCC2CC2)no1)C1(c2ccccc2)CC1. The Kier molecular flexibility index (Phi) is 5.12. The Morgan fingerprint density at radius 2 is 2.00 bits per heavy atom. The Morgan fingerprint density at radius 3 is 2.76 bits per heavy atom. The van der Waals surface area contributed by atoms with Crippen molar-refractivity contribution < 1.29 is 14.1 Å². The van der Waals surface area contributed by atoms with E-state index in [1.807, 2.05) is 23.1 Å². The molecule has 1 saturated heterocycles. The molecular weight excluding hydrogens is 366 g/mol. The van der Waals surface area contributed by atoms with E-state index in [1.165, 1.54) is 12.8 Å². The van der Waals surface area contributed by atoms with Gasteiger partial charge in [-0.1, -0.05) is 35.5 Å². The summed E-state index contributed by atoms with van der Waals surface area (Å²) in [5.74, 6) is 2.25. The summed E-state index contributed by atoms with van der Waals surface area (Å²) in [7, 11) is 0. The number of likely N-dealkylation sites (tertiary alicyclic amines) is 1. The van der Waals surface area contributed by atoms with Crippen molar-refractivity contribution in [3.8, 4) is 0 Å². The van der Waals surface area contributed by atoms with Gasteiger partial charge in [-0.2, -0.15) is 4.98 Å². The number of ether oxygens (including phenoxy) is 1. The molecule has 2 saturated carbocycles. The second-order valence-electron chi connectivity index (χ2n) is 8.78. The third-order valence-electron chi connectivity index (χ3n) is 6.54. The van der Waals surface area contributed by atoms with Gasteiger partial charge < -0.3 is 14.2 Å². The van der Waals surface area contributed by atoms with E-state index in [-0.39, 0.29) is 17.4 Å². The van der Waals surface area contributed by atoms with Crippen LogP contribution in [0.25, 0.3) is 0 Å². The molecular formula is C23H29N3O3. The Morgan fingerprint density at radius 1 is 1.17 bits per heavy atom. The van der Waals surface area contributed by atoms with Crippen LogP contribution in [0.5, 0.6) is 0 Å². The van der Waals surface area contributed by atoms with Gasteiger partial charge in [-0.25, -0.2) is 0 Å². The lowest BCUT2D eigenvalue weighted by Gasteiger charge is -2.36. The van der Waals surface area contributed by atoms with Gasteiger partial charge in [0.15, 0.2) is 5.82 Å². The zero-order valence-electron chi connectivity index (χ0n) is 16.9. The molecule has 0 N–H and O–H groups in total. The van der Waals surface area contributed by atoms with Gasteiger partial charge in [-0.05, 0) is 56.4 Å². The summed E-state index contributed by atoms with van der Waals surface area (Å²) in [6.07, 6.45) is 8.09. The molecule has 1 aliphatic heterocycles. The van der Waals surface area contributed by atoms with Crippen LogP contribution in [-0.4, -0.2) is 40.7 Å². The monoisotopic (exact) mass is 395 g/mol. The molecule has 2 heterocycles. The highest BCUT2D eigenvalue weighted by atomic mass is 16.5. The molecule has 0 radical (unpaired) electrons. The molecule has 2 aromatic rings. The van der Waals surface area contributed by atoms with Crippen LogP contribution in [0.4, 0.5) is 0 Å². The van der Waals surface area contributed by atoms with Crippen LogP contribution in [0.3, 0.4) is 0 Å². The number of hydrogen-bond donors (Lipinski definition) is 0. The predicted octanol–water partition coefficient (Wildman–Crippen LogP) is 3.82. The van der Waals surface area contributed by atoms with Crippen molar-refractivity contribution in [3.63, 3.8) is 0 Å². The van der Waals surface area contributed by atoms with Crippen LogP contribution in [-0.2, 0) is 21.4 Å². The molecule has 3 aliphatic rings. The molecule has 2 aliphatic carbocycles. The normalized spacial score (nSPS) is 23.2. The van der Waals surface area contributed by atoms with E-state index in [0.717, 1.165) is 56.7 Å². The topological polar surface area (TPSA) is 68.5 Å². The molecule has 1 amide bonds. The maximum absolute atomic E-state index is 13.6. The Hall–Kier alpha value is -2.21. The lowest BCUT2D eigenvalue weighted by Crippen LogP contribution is -2.44. The van der Waals surface area contributed by atoms with E-state index in [2.05, 4.69) is 22.3 Å². The number of hydrogen-bond acceptors (Lipinski definition) is 5. The number of carbonyl (C=O) groups excluding carboxylic acids is 1. The van der Waals surface area contributed by atoms with Crippen LogP contribution in [0.2, 0.25) is 0 Å². The quantitative estimate of drug-likeness (QED) is 0.636. The average molecular weight is 396 g/mol. The highest BCUT2D eigenvalue weighted by molar-refractivity contribution is 5.91. The Labute approximate surface area is 171 Å². The highest BCUT2D eigenvalue weighted by Gasteiger charge is 2.54. The van der Waals surface area contributed by atoms with Gasteiger partial charge in [-0.3, -0.25) is 4.79 Å². The maximum atomic E-state index is 13.6. The van der Waals surface area contributed by atoms with E-state index >= 15 is 0 Å². The molecule has 1 aromatic heterocycles. The number of piperidine rings is 1. The van der Waals surface area contributed by atoms with E-state index in [1.54, 1.807) is 0 Å². The minimum absolute atomic E-state index is 0.105. The van der Waals surface area contributed by atoms with Crippen molar-refractivity contribution in [2.24, 2.45) is 5.92 Å². The van der Waals surface area contributed by atoms with Crippen molar-refractivity contribution in [1.29, 1.82) is 0 Å². The summed E-state index contributed by atoms with van der Waals surface area (Å²) in [6.45, 7) is 2.23. The van der Waals surface area contributed by atoms with Crippen molar-refractivity contribution >= 4 is 5.91 Å². The molecule has 5 rings (SSSR count). The lowest BCUT2D eigenvalue weighted by molar-refractivity contribution is -0.138. The minimum atomic E-state index is -0.351. The number of carbonyl (C=O) groups is 1. The fraction of sp³-hybridized carbons (Fsp3) is 0.609. The summed E-state index contributed by atoms with van der Waals surface area (Å²) in [4.78, 5) is 20.2. The standard InChI is InChI=1S/C23H29N3O3/c27-22(23(12-13-23)18-6-2-1-3-7-18)26-14-5-4-8-19(26)21-24-20(25-29-21)11-15-28-16-17-9-10-17/h1-3,6-7,17,19H,4-5,8-16H2. The third-order valence-corrected chi connectivity index (χ3v) is 6.54. The first-order valence-corrected chi connectivity index (χ1v) is 11.0. The molecule has 3 fully saturated rings. The van der Waals surface area contributed by atoms with Crippen LogP contribution in [0.15, 0.2) is 34.9 Å². The summed E-state index contributed by atoms with van der Waals surface area (Å²) >= 11 is 0. The van der Waals surface area contributed by atoms with Crippen molar-refractivity contribution in [2.75, 3.05) is 19.8 Å². The fourth-order valence-electron chi connectivity index (χ4n) is 4.42. The summed E-state index contributed by atoms with van der Waals surface area (Å²) in [5, 5.41) is 4.15.